The van der Waals surface area contributed by atoms with E-state index in [4.69, 9.17) is 0 Å². The minimum Gasteiger partial charge on any atom is -0.309 e. The maximum absolute atomic E-state index is 15.6. The number of hydrogen-bond acceptors (Lipinski definition) is 3. The van der Waals surface area contributed by atoms with Crippen LogP contribution in [0.25, 0.3) is 143 Å². The van der Waals surface area contributed by atoms with Crippen molar-refractivity contribution in [1.82, 2.24) is 14.1 Å². The molecule has 5 heterocycles. The molecule has 7 heteroatoms. The topological polar surface area (TPSA) is 56.9 Å². The third-order valence-electron chi connectivity index (χ3n) is 20.3. The van der Waals surface area contributed by atoms with Gasteiger partial charge in [-0.2, -0.15) is 0 Å². The van der Waals surface area contributed by atoms with Crippen molar-refractivity contribution in [1.29, 1.82) is 0 Å². The average Bonchev–Trinajstić information content (AvgIpc) is 1.53. The van der Waals surface area contributed by atoms with Gasteiger partial charge in [0.25, 0.3) is 0 Å². The van der Waals surface area contributed by atoms with E-state index in [9.17, 15) is 0 Å². The number of pyridine rings is 1. The van der Waals surface area contributed by atoms with Crippen LogP contribution in [0.5, 0.6) is 0 Å². The highest BCUT2D eigenvalue weighted by atomic mass is 31.2. The standard InChI is InChI=1S/C46H30NOP.C45H29N2OP/c48-49(38-12-2-1-3-13-38)44-17-9-7-14-39(44)40-28-29-43-45(46(40)49)41-15-6-8-16-42(41)47(43)37-26-24-33(25-27-37)32-18-20-34(21-19-32)36-23-22-31-10-4-5-11-35(31)30-36;48-49(35-12-2-1-3-13-35)42-18-7-5-14-37(42)38-27-28-41-43(45(38)49)39-15-4-6-17-40(39)47(41)34-25-23-31(24-26-34)30-19-21-32(22-20-30)36-16-8-10-33-11-9-29-46-44(33)36/h1-30H;1-29H. The van der Waals surface area contributed by atoms with Crippen LogP contribution in [0.1, 0.15) is 0 Å². The Morgan fingerprint density at radius 1 is 0.255 bits per heavy atom. The van der Waals surface area contributed by atoms with Gasteiger partial charge in [-0.1, -0.05) is 291 Å². The molecule has 20 rings (SSSR count). The van der Waals surface area contributed by atoms with Gasteiger partial charge < -0.3 is 18.3 Å². The van der Waals surface area contributed by atoms with Crippen LogP contribution in [0, 0.1) is 0 Å². The molecule has 0 radical (unpaired) electrons. The summed E-state index contributed by atoms with van der Waals surface area (Å²) in [4.78, 5) is 4.65. The highest BCUT2D eigenvalue weighted by Gasteiger charge is 2.44. The Bertz CT molecular complexity index is 6320. The zero-order valence-electron chi connectivity index (χ0n) is 53.1. The van der Waals surface area contributed by atoms with E-state index in [2.05, 4.69) is 281 Å². The number of fused-ring (bicyclic) bond motifs is 16. The Hall–Kier alpha value is -12.0. The average molecular weight is 1290 g/mol. The van der Waals surface area contributed by atoms with Crippen LogP contribution in [-0.4, -0.2) is 14.1 Å². The minimum atomic E-state index is -3.14. The van der Waals surface area contributed by atoms with Crippen molar-refractivity contribution in [3.8, 4) is 78.1 Å². The maximum Gasteiger partial charge on any atom is 0.172 e. The Kier molecular flexibility index (Phi) is 13.4. The van der Waals surface area contributed by atoms with Crippen molar-refractivity contribution < 1.29 is 9.13 Å². The largest absolute Gasteiger partial charge is 0.309 e. The molecule has 2 atom stereocenters. The lowest BCUT2D eigenvalue weighted by Gasteiger charge is -2.17. The zero-order valence-corrected chi connectivity index (χ0v) is 54.9. The van der Waals surface area contributed by atoms with Crippen LogP contribution in [0.3, 0.4) is 0 Å². The number of para-hydroxylation sites is 3. The van der Waals surface area contributed by atoms with Gasteiger partial charge in [-0.25, -0.2) is 0 Å². The lowest BCUT2D eigenvalue weighted by atomic mass is 9.98. The van der Waals surface area contributed by atoms with E-state index >= 15 is 9.13 Å². The van der Waals surface area contributed by atoms with Crippen LogP contribution < -0.4 is 31.8 Å². The molecule has 2 aliphatic heterocycles. The monoisotopic (exact) mass is 1290 g/mol. The normalized spacial score (nSPS) is 15.1. The van der Waals surface area contributed by atoms with Gasteiger partial charge in [0, 0.05) is 81.9 Å². The van der Waals surface area contributed by atoms with Gasteiger partial charge in [-0.05, 0) is 133 Å². The van der Waals surface area contributed by atoms with Crippen LogP contribution in [0.15, 0.2) is 358 Å². The summed E-state index contributed by atoms with van der Waals surface area (Å²) in [6.07, 6.45) is 1.85. The van der Waals surface area contributed by atoms with Crippen molar-refractivity contribution in [2.45, 2.75) is 0 Å². The van der Waals surface area contributed by atoms with Crippen LogP contribution >= 0.6 is 14.3 Å². The van der Waals surface area contributed by atoms with Gasteiger partial charge in [-0.3, -0.25) is 4.98 Å². The van der Waals surface area contributed by atoms with Crippen molar-refractivity contribution in [3.05, 3.63) is 358 Å². The van der Waals surface area contributed by atoms with E-state index in [1.54, 1.807) is 0 Å². The van der Waals surface area contributed by atoms with Crippen LogP contribution in [0.4, 0.5) is 0 Å². The second kappa shape index (κ2) is 22.9. The third kappa shape index (κ3) is 8.91. The maximum atomic E-state index is 15.6. The van der Waals surface area contributed by atoms with Gasteiger partial charge in [0.05, 0.1) is 27.6 Å². The van der Waals surface area contributed by atoms with E-state index in [0.717, 1.165) is 142 Å². The zero-order chi connectivity index (χ0) is 65.1. The van der Waals surface area contributed by atoms with Crippen molar-refractivity contribution in [2.24, 2.45) is 0 Å². The first-order valence-electron chi connectivity index (χ1n) is 33.3. The van der Waals surface area contributed by atoms with Crippen LogP contribution in [0.2, 0.25) is 0 Å². The second-order valence-electron chi connectivity index (χ2n) is 25.5. The molecule has 98 heavy (non-hydrogen) atoms. The molecule has 0 fully saturated rings. The lowest BCUT2D eigenvalue weighted by Crippen LogP contribution is -2.21. The van der Waals surface area contributed by atoms with Gasteiger partial charge >= 0.3 is 0 Å². The summed E-state index contributed by atoms with van der Waals surface area (Å²) in [5.41, 5.74) is 21.1. The lowest BCUT2D eigenvalue weighted by molar-refractivity contribution is 0.592. The highest BCUT2D eigenvalue weighted by Crippen LogP contribution is 2.57. The predicted octanol–water partition coefficient (Wildman–Crippen LogP) is 21.2. The summed E-state index contributed by atoms with van der Waals surface area (Å²) in [5.74, 6) is 0. The smallest absolute Gasteiger partial charge is 0.172 e. The number of hydrogen-bond donors (Lipinski definition) is 0. The number of rotatable bonds is 8. The Morgan fingerprint density at radius 2 is 0.643 bits per heavy atom. The summed E-state index contributed by atoms with van der Waals surface area (Å²) >= 11 is 0. The number of benzene rings is 15. The summed E-state index contributed by atoms with van der Waals surface area (Å²) < 4.78 is 35.9. The molecular weight excluding hydrogens is 1230 g/mol. The molecular formula is C91H59N3O2P2. The third-order valence-corrected chi connectivity index (χ3v) is 26.6. The van der Waals surface area contributed by atoms with E-state index in [0.29, 0.717) is 0 Å². The molecule has 3 aromatic heterocycles. The Balaban J connectivity index is 0.000000137. The highest BCUT2D eigenvalue weighted by molar-refractivity contribution is 7.87. The molecule has 0 amide bonds. The summed E-state index contributed by atoms with van der Waals surface area (Å²) in [5, 5.41) is 13.5. The van der Waals surface area contributed by atoms with Crippen LogP contribution in [-0.2, 0) is 9.13 Å². The molecule has 2 aliphatic rings. The molecule has 460 valence electrons. The number of nitrogens with zero attached hydrogens (tertiary/aromatic N) is 3. The number of aromatic nitrogens is 3. The minimum absolute atomic E-state index is 0.873. The molecule has 0 saturated heterocycles. The fraction of sp³-hybridized carbons (Fsp3) is 0. The van der Waals surface area contributed by atoms with E-state index in [-0.39, 0.29) is 0 Å². The van der Waals surface area contributed by atoms with Gasteiger partial charge in [0.1, 0.15) is 0 Å². The van der Waals surface area contributed by atoms with E-state index < -0.39 is 14.3 Å². The molecule has 15 aromatic carbocycles. The van der Waals surface area contributed by atoms with Gasteiger partial charge in [0.15, 0.2) is 14.3 Å². The summed E-state index contributed by atoms with van der Waals surface area (Å²) in [6, 6.07) is 123. The summed E-state index contributed by atoms with van der Waals surface area (Å²) in [6.45, 7) is 0. The first-order valence-corrected chi connectivity index (χ1v) is 36.7. The predicted molar refractivity (Wildman–Crippen MR) is 413 cm³/mol. The van der Waals surface area contributed by atoms with Gasteiger partial charge in [-0.15, -0.1) is 0 Å². The second-order valence-corrected chi connectivity index (χ2v) is 30.9. The van der Waals surface area contributed by atoms with E-state index in [1.165, 1.54) is 33.0 Å². The summed E-state index contributed by atoms with van der Waals surface area (Å²) in [7, 11) is -6.27. The van der Waals surface area contributed by atoms with Gasteiger partial charge in [0.2, 0.25) is 0 Å². The molecule has 0 bridgehead atoms. The Labute approximate surface area is 567 Å². The molecule has 0 spiro atoms. The fourth-order valence-electron chi connectivity index (χ4n) is 15.7. The molecule has 2 unspecified atom stereocenters. The van der Waals surface area contributed by atoms with Crippen molar-refractivity contribution in [2.75, 3.05) is 0 Å². The fourth-order valence-corrected chi connectivity index (χ4v) is 22.3. The molecule has 18 aromatic rings. The molecule has 0 N–H and O–H groups in total. The quantitative estimate of drug-likeness (QED) is 0.142. The molecule has 5 nitrogen and oxygen atoms in total. The first kappa shape index (κ1) is 57.5. The first-order chi connectivity index (χ1) is 48.4. The SMILES string of the molecule is O=P1(c2ccccc2)c2ccccc2-c2ccc3c(c21)c1ccccc1n3-c1ccc(-c2ccc(-c3ccc4ccccc4c3)cc2)cc1.O=P1(c2ccccc2)c2ccccc2-c2ccc3c(c21)c1ccccc1n3-c1ccc(-c2ccc(-c3cccc4cccnc34)cc2)cc1. The molecule has 0 aliphatic carbocycles. The van der Waals surface area contributed by atoms with Crippen molar-refractivity contribution >= 4 is 111 Å². The van der Waals surface area contributed by atoms with E-state index in [1.807, 2.05) is 91.1 Å². The molecule has 0 saturated carbocycles. The van der Waals surface area contributed by atoms with Crippen molar-refractivity contribution in [3.63, 3.8) is 0 Å². The Morgan fingerprint density at radius 3 is 1.16 bits per heavy atom.